The Hall–Kier alpha value is -0.760. The Morgan fingerprint density at radius 1 is 0.548 bits per heavy atom. The second kappa shape index (κ2) is 29.0. The Labute approximate surface area is 269 Å². The van der Waals surface area contributed by atoms with Crippen LogP contribution in [0.2, 0.25) is 0 Å². The van der Waals surface area contributed by atoms with Gasteiger partial charge in [0, 0.05) is 12.8 Å². The predicted molar refractivity (Wildman–Crippen MR) is 195 cm³/mol. The lowest BCUT2D eigenvalue weighted by atomic mass is 9.95. The van der Waals surface area contributed by atoms with Crippen molar-refractivity contribution in [2.45, 2.75) is 190 Å². The van der Waals surface area contributed by atoms with E-state index in [1.54, 1.807) is 0 Å². The molecular weight excluding hydrogens is 529 g/mol. The minimum absolute atomic E-state index is 0.496. The minimum Gasteiger partial charge on any atom is -0.300 e. The summed E-state index contributed by atoms with van der Waals surface area (Å²) >= 11 is 2.01. The Kier molecular flexibility index (Phi) is 28.5. The van der Waals surface area contributed by atoms with Gasteiger partial charge in [0.25, 0.3) is 0 Å². The summed E-state index contributed by atoms with van der Waals surface area (Å²) in [4.78, 5) is 13.6. The summed E-state index contributed by atoms with van der Waals surface area (Å²) in [7, 11) is 0. The molecule has 3 atom stereocenters. The highest BCUT2D eigenvalue weighted by atomic mass is 32.2. The van der Waals surface area contributed by atoms with Crippen molar-refractivity contribution in [1.29, 1.82) is 0 Å². The Morgan fingerprint density at radius 3 is 1.50 bits per heavy atom. The molecule has 0 saturated heterocycles. The highest BCUT2D eigenvalue weighted by Crippen LogP contribution is 2.25. The summed E-state index contributed by atoms with van der Waals surface area (Å²) in [6.45, 7) is 20.2. The van der Waals surface area contributed by atoms with Gasteiger partial charge in [-0.05, 0) is 114 Å². The molecule has 0 bridgehead atoms. The largest absolute Gasteiger partial charge is 0.300 e. The van der Waals surface area contributed by atoms with Crippen LogP contribution in [-0.2, 0) is 4.79 Å². The van der Waals surface area contributed by atoms with Crippen LogP contribution in [0.4, 0.5) is 0 Å². The molecule has 0 amide bonds. The average molecular weight is 603 g/mol. The third-order valence-electron chi connectivity index (χ3n) is 8.80. The van der Waals surface area contributed by atoms with Crippen molar-refractivity contribution in [2.75, 3.05) is 5.75 Å². The van der Waals surface area contributed by atoms with E-state index in [2.05, 4.69) is 67.2 Å². The first-order valence-corrected chi connectivity index (χ1v) is 19.2. The van der Waals surface area contributed by atoms with Gasteiger partial charge < -0.3 is 0 Å². The molecule has 0 saturated carbocycles. The van der Waals surface area contributed by atoms with E-state index in [-0.39, 0.29) is 0 Å². The third kappa shape index (κ3) is 30.7. The number of rotatable bonds is 30. The minimum atomic E-state index is 0.496. The smallest absolute Gasteiger partial charge is 0.132 e. The van der Waals surface area contributed by atoms with Crippen LogP contribution in [0, 0.1) is 17.8 Å². The zero-order valence-electron chi connectivity index (χ0n) is 29.7. The molecule has 0 aliphatic rings. The lowest BCUT2D eigenvalue weighted by Crippen LogP contribution is -2.01. The maximum absolute atomic E-state index is 12.2. The molecule has 0 aromatic rings. The molecule has 0 aromatic carbocycles. The first kappa shape index (κ1) is 41.2. The van der Waals surface area contributed by atoms with E-state index in [4.69, 9.17) is 0 Å². The van der Waals surface area contributed by atoms with E-state index >= 15 is 0 Å². The fourth-order valence-electron chi connectivity index (χ4n) is 5.69. The number of hydrogen-bond donors (Lipinski definition) is 0. The van der Waals surface area contributed by atoms with Crippen molar-refractivity contribution in [2.24, 2.45) is 17.8 Å². The molecule has 0 spiro atoms. The highest BCUT2D eigenvalue weighted by molar-refractivity contribution is 8.03. The van der Waals surface area contributed by atoms with Crippen LogP contribution in [-0.4, -0.2) is 11.5 Å². The molecule has 246 valence electrons. The van der Waals surface area contributed by atoms with Crippen molar-refractivity contribution in [3.63, 3.8) is 0 Å². The molecule has 0 rings (SSSR count). The molecule has 0 N–H and O–H groups in total. The lowest BCUT2D eigenvalue weighted by molar-refractivity contribution is -0.119. The zero-order chi connectivity index (χ0) is 31.4. The van der Waals surface area contributed by atoms with Crippen LogP contribution in [0.5, 0.6) is 0 Å². The standard InChI is InChI=1S/C40H74OS/c1-34(2)22-19-26-37(6)28-21-31-40(41)30-18-14-10-12-16-25-36(5)24-15-11-9-13-17-29-39(8)42-33-32-38(7)27-20-23-35(3)4/h22-23,36-38H,8-21,24-33H2,1-7H3. The normalized spacial score (nSPS) is 13.4. The van der Waals surface area contributed by atoms with Crippen molar-refractivity contribution in [3.05, 3.63) is 34.8 Å². The fourth-order valence-corrected chi connectivity index (χ4v) is 6.78. The van der Waals surface area contributed by atoms with E-state index in [1.807, 2.05) is 11.8 Å². The van der Waals surface area contributed by atoms with Gasteiger partial charge in [0.05, 0.1) is 0 Å². The number of Topliss-reactive ketones (excluding diaryl/α,β-unsaturated/α-hetero) is 1. The van der Waals surface area contributed by atoms with Gasteiger partial charge in [-0.2, -0.15) is 0 Å². The molecule has 0 fully saturated rings. The van der Waals surface area contributed by atoms with Crippen LogP contribution in [0.3, 0.4) is 0 Å². The molecule has 0 aliphatic heterocycles. The van der Waals surface area contributed by atoms with E-state index in [0.29, 0.717) is 5.78 Å². The Morgan fingerprint density at radius 2 is 0.952 bits per heavy atom. The molecule has 3 unspecified atom stereocenters. The van der Waals surface area contributed by atoms with Crippen molar-refractivity contribution in [1.82, 2.24) is 0 Å². The van der Waals surface area contributed by atoms with Crippen molar-refractivity contribution < 1.29 is 4.79 Å². The molecule has 0 heterocycles. The highest BCUT2D eigenvalue weighted by Gasteiger charge is 2.07. The molecule has 0 aliphatic carbocycles. The van der Waals surface area contributed by atoms with Crippen molar-refractivity contribution in [3.8, 4) is 0 Å². The summed E-state index contributed by atoms with van der Waals surface area (Å²) < 4.78 is 0. The number of carbonyl (C=O) groups is 1. The number of carbonyl (C=O) groups excluding carboxylic acids is 1. The fraction of sp³-hybridized carbons (Fsp3) is 0.825. The van der Waals surface area contributed by atoms with Gasteiger partial charge in [-0.1, -0.05) is 121 Å². The van der Waals surface area contributed by atoms with E-state index < -0.39 is 0 Å². The molecule has 42 heavy (non-hydrogen) atoms. The maximum Gasteiger partial charge on any atom is 0.132 e. The average Bonchev–Trinajstić information content (AvgIpc) is 2.91. The first-order valence-electron chi connectivity index (χ1n) is 18.2. The van der Waals surface area contributed by atoms with Crippen LogP contribution in [0.25, 0.3) is 0 Å². The summed E-state index contributed by atoms with van der Waals surface area (Å²) in [5.74, 6) is 4.17. The van der Waals surface area contributed by atoms with Gasteiger partial charge in [0.2, 0.25) is 0 Å². The van der Waals surface area contributed by atoms with Crippen molar-refractivity contribution >= 4 is 17.5 Å². The van der Waals surface area contributed by atoms with Crippen LogP contribution in [0.1, 0.15) is 190 Å². The second-order valence-corrected chi connectivity index (χ2v) is 15.5. The maximum atomic E-state index is 12.2. The Bertz CT molecular complexity index is 649. The number of thioether (sulfide) groups is 1. The second-order valence-electron chi connectivity index (χ2n) is 14.3. The summed E-state index contributed by atoms with van der Waals surface area (Å²) in [5.41, 5.74) is 2.86. The first-order chi connectivity index (χ1) is 20.1. The number of unbranched alkanes of at least 4 members (excludes halogenated alkanes) is 8. The van der Waals surface area contributed by atoms with Gasteiger partial charge in [-0.25, -0.2) is 0 Å². The third-order valence-corrected chi connectivity index (χ3v) is 9.85. The Balaban J connectivity index is 3.49. The lowest BCUT2D eigenvalue weighted by Gasteiger charge is -2.12. The topological polar surface area (TPSA) is 17.1 Å². The summed E-state index contributed by atoms with van der Waals surface area (Å²) in [5, 5.41) is 0. The monoisotopic (exact) mass is 603 g/mol. The van der Waals surface area contributed by atoms with E-state index in [1.165, 1.54) is 137 Å². The van der Waals surface area contributed by atoms with Crippen LogP contribution < -0.4 is 0 Å². The zero-order valence-corrected chi connectivity index (χ0v) is 30.5. The summed E-state index contributed by atoms with van der Waals surface area (Å²) in [6.07, 6.45) is 32.1. The van der Waals surface area contributed by atoms with Crippen LogP contribution in [0.15, 0.2) is 34.8 Å². The summed E-state index contributed by atoms with van der Waals surface area (Å²) in [6, 6.07) is 0. The predicted octanol–water partition coefficient (Wildman–Crippen LogP) is 14.2. The molecule has 0 radical (unpaired) electrons. The van der Waals surface area contributed by atoms with Crippen LogP contribution >= 0.6 is 11.8 Å². The SMILES string of the molecule is C=C(CCCCCCCC(C)CCCCCCCC(=O)CCCC(C)CCC=C(C)C)SCCC(C)CCC=C(C)C. The number of allylic oxidation sites excluding steroid dienone is 5. The van der Waals surface area contributed by atoms with Gasteiger partial charge >= 0.3 is 0 Å². The molecule has 2 heteroatoms. The van der Waals surface area contributed by atoms with Gasteiger partial charge in [-0.15, -0.1) is 11.8 Å². The van der Waals surface area contributed by atoms with E-state index in [9.17, 15) is 4.79 Å². The molecular formula is C40H74OS. The molecule has 0 aromatic heterocycles. The van der Waals surface area contributed by atoms with Gasteiger partial charge in [0.15, 0.2) is 0 Å². The number of hydrogen-bond acceptors (Lipinski definition) is 2. The van der Waals surface area contributed by atoms with E-state index in [0.717, 1.165) is 43.4 Å². The quantitative estimate of drug-likeness (QED) is 0.0601. The molecule has 1 nitrogen and oxygen atoms in total. The van der Waals surface area contributed by atoms with Gasteiger partial charge in [0.1, 0.15) is 5.78 Å². The number of ketones is 1. The van der Waals surface area contributed by atoms with Gasteiger partial charge in [-0.3, -0.25) is 4.79 Å².